The Balaban J connectivity index is 3.09. The lowest BCUT2D eigenvalue weighted by Crippen LogP contribution is -2.38. The molecule has 3 nitrogen and oxygen atoms in total. The Labute approximate surface area is 114 Å². The molecule has 2 N–H and O–H groups in total. The van der Waals surface area contributed by atoms with Gasteiger partial charge in [-0.15, -0.1) is 0 Å². The molecule has 0 aliphatic carbocycles. The fraction of sp³-hybridized carbons (Fsp3) is 0.333. The molecule has 0 atom stereocenters. The maximum absolute atomic E-state index is 13.5. The van der Waals surface area contributed by atoms with Crippen molar-refractivity contribution in [3.8, 4) is 0 Å². The first-order valence-electron chi connectivity index (χ1n) is 5.59. The van der Waals surface area contributed by atoms with Gasteiger partial charge in [-0.3, -0.25) is 4.79 Å². The first-order valence-corrected chi connectivity index (χ1v) is 6.00. The van der Waals surface area contributed by atoms with Gasteiger partial charge < -0.3 is 10.6 Å². The van der Waals surface area contributed by atoms with Gasteiger partial charge in [0.25, 0.3) is 5.91 Å². The van der Waals surface area contributed by atoms with Crippen LogP contribution in [0.1, 0.15) is 23.7 Å². The second-order valence-electron chi connectivity index (χ2n) is 3.92. The number of halogens is 3. The van der Waals surface area contributed by atoms with E-state index in [-0.39, 0.29) is 18.1 Å². The number of benzene rings is 1. The summed E-state index contributed by atoms with van der Waals surface area (Å²) in [7, 11) is 0. The van der Waals surface area contributed by atoms with E-state index in [9.17, 15) is 18.0 Å². The van der Waals surface area contributed by atoms with E-state index in [1.54, 1.807) is 6.92 Å². The van der Waals surface area contributed by atoms with Crippen LogP contribution in [0.2, 0.25) is 0 Å². The quantitative estimate of drug-likeness (QED) is 0.668. The van der Waals surface area contributed by atoms with E-state index in [1.807, 2.05) is 0 Å². The summed E-state index contributed by atoms with van der Waals surface area (Å²) in [6.07, 6.45) is 0.597. The number of thiocarbonyl (C=S) groups is 1. The van der Waals surface area contributed by atoms with Crippen LogP contribution in [0.3, 0.4) is 0 Å². The van der Waals surface area contributed by atoms with Crippen molar-refractivity contribution in [2.45, 2.75) is 13.3 Å². The minimum atomic E-state index is -1.67. The molecule has 1 aromatic carbocycles. The molecule has 19 heavy (non-hydrogen) atoms. The molecular weight excluding hydrogens is 277 g/mol. The van der Waals surface area contributed by atoms with Crippen LogP contribution in [-0.2, 0) is 0 Å². The molecule has 7 heteroatoms. The van der Waals surface area contributed by atoms with Crippen LogP contribution in [0.15, 0.2) is 12.1 Å². The lowest BCUT2D eigenvalue weighted by Gasteiger charge is -2.21. The number of hydrogen-bond acceptors (Lipinski definition) is 2. The zero-order chi connectivity index (χ0) is 14.6. The van der Waals surface area contributed by atoms with Gasteiger partial charge >= 0.3 is 0 Å². The number of rotatable bonds is 5. The molecule has 1 rings (SSSR count). The molecule has 0 aromatic heterocycles. The van der Waals surface area contributed by atoms with Crippen molar-refractivity contribution in [1.82, 2.24) is 4.90 Å². The number of hydrogen-bond donors (Lipinski definition) is 1. The Morgan fingerprint density at radius 2 is 1.95 bits per heavy atom. The van der Waals surface area contributed by atoms with Crippen LogP contribution >= 0.6 is 12.2 Å². The SMILES string of the molecule is CCCN(CC(N)=S)C(=O)c1ccc(F)c(F)c1F. The summed E-state index contributed by atoms with van der Waals surface area (Å²) < 4.78 is 39.4. The number of carbonyl (C=O) groups is 1. The molecule has 0 fully saturated rings. The fourth-order valence-corrected chi connectivity index (χ4v) is 1.73. The second kappa shape index (κ2) is 6.51. The highest BCUT2D eigenvalue weighted by atomic mass is 32.1. The van der Waals surface area contributed by atoms with E-state index in [2.05, 4.69) is 0 Å². The van der Waals surface area contributed by atoms with Gasteiger partial charge in [0.05, 0.1) is 17.1 Å². The third-order valence-electron chi connectivity index (χ3n) is 2.39. The van der Waals surface area contributed by atoms with Crippen LogP contribution in [0.25, 0.3) is 0 Å². The van der Waals surface area contributed by atoms with Crippen LogP contribution in [0.4, 0.5) is 13.2 Å². The molecule has 0 aliphatic heterocycles. The molecule has 1 aromatic rings. The highest BCUT2D eigenvalue weighted by Crippen LogP contribution is 2.17. The van der Waals surface area contributed by atoms with Gasteiger partial charge in [0.2, 0.25) is 0 Å². The number of amides is 1. The van der Waals surface area contributed by atoms with E-state index >= 15 is 0 Å². The van der Waals surface area contributed by atoms with Crippen molar-refractivity contribution in [1.29, 1.82) is 0 Å². The van der Waals surface area contributed by atoms with E-state index in [4.69, 9.17) is 18.0 Å². The monoisotopic (exact) mass is 290 g/mol. The Hall–Kier alpha value is -1.63. The summed E-state index contributed by atoms with van der Waals surface area (Å²) in [6, 6.07) is 1.61. The molecule has 0 saturated heterocycles. The molecule has 0 unspecified atom stereocenters. The third kappa shape index (κ3) is 3.66. The summed E-state index contributed by atoms with van der Waals surface area (Å²) in [5, 5.41) is 0. The largest absolute Gasteiger partial charge is 0.392 e. The zero-order valence-corrected chi connectivity index (χ0v) is 11.1. The summed E-state index contributed by atoms with van der Waals surface area (Å²) in [4.78, 5) is 13.3. The Bertz CT molecular complexity index is 508. The lowest BCUT2D eigenvalue weighted by atomic mass is 10.1. The van der Waals surface area contributed by atoms with E-state index < -0.39 is 28.9 Å². The number of carbonyl (C=O) groups excluding carboxylic acids is 1. The predicted molar refractivity (Wildman–Crippen MR) is 69.3 cm³/mol. The Morgan fingerprint density at radius 3 is 2.47 bits per heavy atom. The first-order chi connectivity index (χ1) is 8.88. The maximum Gasteiger partial charge on any atom is 0.257 e. The van der Waals surface area contributed by atoms with Gasteiger partial charge in [-0.2, -0.15) is 0 Å². The van der Waals surface area contributed by atoms with Gasteiger partial charge in [0.1, 0.15) is 0 Å². The van der Waals surface area contributed by atoms with Crippen molar-refractivity contribution in [3.05, 3.63) is 35.1 Å². The third-order valence-corrected chi connectivity index (χ3v) is 2.52. The van der Waals surface area contributed by atoms with Gasteiger partial charge in [-0.1, -0.05) is 19.1 Å². The van der Waals surface area contributed by atoms with Gasteiger partial charge in [-0.05, 0) is 18.6 Å². The van der Waals surface area contributed by atoms with Crippen LogP contribution in [0.5, 0.6) is 0 Å². The molecular formula is C12H13F3N2OS. The maximum atomic E-state index is 13.5. The van der Waals surface area contributed by atoms with E-state index in [0.717, 1.165) is 6.07 Å². The van der Waals surface area contributed by atoms with Gasteiger partial charge in [0, 0.05) is 6.54 Å². The van der Waals surface area contributed by atoms with Crippen molar-refractivity contribution >= 4 is 23.1 Å². The second-order valence-corrected chi connectivity index (χ2v) is 4.44. The average Bonchev–Trinajstić information content (AvgIpc) is 2.34. The lowest BCUT2D eigenvalue weighted by molar-refractivity contribution is 0.0774. The van der Waals surface area contributed by atoms with Crippen molar-refractivity contribution in [3.63, 3.8) is 0 Å². The molecule has 0 aliphatic rings. The first kappa shape index (κ1) is 15.4. The molecule has 0 bridgehead atoms. The fourth-order valence-electron chi connectivity index (χ4n) is 1.57. The van der Waals surface area contributed by atoms with Crippen LogP contribution in [0, 0.1) is 17.5 Å². The van der Waals surface area contributed by atoms with Crippen LogP contribution in [-0.4, -0.2) is 28.9 Å². The number of nitrogens with two attached hydrogens (primary N) is 1. The Kier molecular flexibility index (Phi) is 5.29. The summed E-state index contributed by atoms with van der Waals surface area (Å²) in [6.45, 7) is 2.05. The Morgan fingerprint density at radius 1 is 1.32 bits per heavy atom. The summed E-state index contributed by atoms with van der Waals surface area (Å²) >= 11 is 4.69. The normalized spacial score (nSPS) is 10.3. The summed E-state index contributed by atoms with van der Waals surface area (Å²) in [5.41, 5.74) is 4.80. The van der Waals surface area contributed by atoms with Crippen molar-refractivity contribution in [2.75, 3.05) is 13.1 Å². The molecule has 104 valence electrons. The standard InChI is InChI=1S/C12H13F3N2OS/c1-2-5-17(6-9(16)19)12(18)7-3-4-8(13)11(15)10(7)14/h3-4H,2,5-6H2,1H3,(H2,16,19). The minimum Gasteiger partial charge on any atom is -0.392 e. The van der Waals surface area contributed by atoms with Crippen molar-refractivity contribution in [2.24, 2.45) is 5.73 Å². The average molecular weight is 290 g/mol. The molecule has 0 heterocycles. The summed E-state index contributed by atoms with van der Waals surface area (Å²) in [5.74, 6) is -5.29. The molecule has 0 spiro atoms. The molecule has 0 radical (unpaired) electrons. The van der Waals surface area contributed by atoms with E-state index in [0.29, 0.717) is 12.5 Å². The minimum absolute atomic E-state index is 0.0412. The highest BCUT2D eigenvalue weighted by molar-refractivity contribution is 7.80. The van der Waals surface area contributed by atoms with Crippen LogP contribution < -0.4 is 5.73 Å². The van der Waals surface area contributed by atoms with Gasteiger partial charge in [-0.25, -0.2) is 13.2 Å². The predicted octanol–water partition coefficient (Wildman–Crippen LogP) is 2.24. The molecule has 0 saturated carbocycles. The van der Waals surface area contributed by atoms with E-state index in [1.165, 1.54) is 4.90 Å². The topological polar surface area (TPSA) is 46.3 Å². The highest BCUT2D eigenvalue weighted by Gasteiger charge is 2.23. The number of nitrogens with zero attached hydrogens (tertiary/aromatic N) is 1. The zero-order valence-electron chi connectivity index (χ0n) is 10.3. The smallest absolute Gasteiger partial charge is 0.257 e. The molecule has 1 amide bonds. The van der Waals surface area contributed by atoms with Crippen molar-refractivity contribution < 1.29 is 18.0 Å². The van der Waals surface area contributed by atoms with Gasteiger partial charge in [0.15, 0.2) is 17.5 Å².